The summed E-state index contributed by atoms with van der Waals surface area (Å²) in [6.07, 6.45) is 0.448. The normalized spacial score (nSPS) is 17.6. The second-order valence-corrected chi connectivity index (χ2v) is 6.89. The van der Waals surface area contributed by atoms with Crippen LogP contribution in [0, 0.1) is 0 Å². The SMILES string of the molecule is [N-]=[N+]=NCCOCCNC(=O)COc1cccc2c1CN(C1CCC(=O)NC1=O)C2=O. The molecule has 1 saturated heterocycles. The van der Waals surface area contributed by atoms with Gasteiger partial charge in [0.25, 0.3) is 11.8 Å². The quantitative estimate of drug-likeness (QED) is 0.178. The fourth-order valence-corrected chi connectivity index (χ4v) is 3.40. The van der Waals surface area contributed by atoms with Crippen molar-refractivity contribution in [1.29, 1.82) is 0 Å². The molecule has 4 amide bonds. The maximum atomic E-state index is 12.8. The highest BCUT2D eigenvalue weighted by atomic mass is 16.5. The van der Waals surface area contributed by atoms with Crippen LogP contribution in [0.4, 0.5) is 0 Å². The molecule has 0 radical (unpaired) electrons. The summed E-state index contributed by atoms with van der Waals surface area (Å²) in [7, 11) is 0. The van der Waals surface area contributed by atoms with Crippen LogP contribution in [0.3, 0.4) is 0 Å². The molecule has 31 heavy (non-hydrogen) atoms. The number of nitrogens with zero attached hydrogens (tertiary/aromatic N) is 4. The number of imide groups is 1. The Labute approximate surface area is 177 Å². The second-order valence-electron chi connectivity index (χ2n) is 6.89. The minimum Gasteiger partial charge on any atom is -0.483 e. The van der Waals surface area contributed by atoms with Gasteiger partial charge in [0.1, 0.15) is 11.8 Å². The molecule has 1 atom stereocenters. The van der Waals surface area contributed by atoms with Crippen molar-refractivity contribution in [2.45, 2.75) is 25.4 Å². The number of hydrogen-bond acceptors (Lipinski definition) is 7. The Balaban J connectivity index is 1.51. The summed E-state index contributed by atoms with van der Waals surface area (Å²) < 4.78 is 10.8. The number of amides is 4. The number of ether oxygens (including phenoxy) is 2. The molecule has 1 fully saturated rings. The van der Waals surface area contributed by atoms with E-state index in [1.807, 2.05) is 0 Å². The lowest BCUT2D eigenvalue weighted by atomic mass is 10.0. The second kappa shape index (κ2) is 10.4. The Hall–Kier alpha value is -3.63. The van der Waals surface area contributed by atoms with Crippen LogP contribution in [-0.4, -0.2) is 67.5 Å². The summed E-state index contributed by atoms with van der Waals surface area (Å²) in [5, 5.41) is 8.22. The topological polar surface area (TPSA) is 163 Å². The molecule has 0 aliphatic carbocycles. The third-order valence-corrected chi connectivity index (χ3v) is 4.87. The highest BCUT2D eigenvalue weighted by Crippen LogP contribution is 2.33. The molecule has 1 aromatic rings. The van der Waals surface area contributed by atoms with Gasteiger partial charge in [-0.05, 0) is 24.1 Å². The van der Waals surface area contributed by atoms with E-state index in [2.05, 4.69) is 20.7 Å². The minimum atomic E-state index is -0.715. The zero-order chi connectivity index (χ0) is 22.2. The van der Waals surface area contributed by atoms with Gasteiger partial charge in [-0.25, -0.2) is 0 Å². The Morgan fingerprint density at radius 3 is 2.94 bits per heavy atom. The number of hydrogen-bond donors (Lipinski definition) is 2. The van der Waals surface area contributed by atoms with Crippen LogP contribution in [-0.2, 0) is 25.7 Å². The average molecular weight is 430 g/mol. The number of rotatable bonds is 10. The molecule has 164 valence electrons. The molecule has 2 aliphatic heterocycles. The van der Waals surface area contributed by atoms with Crippen molar-refractivity contribution in [2.75, 3.05) is 32.9 Å². The Morgan fingerprint density at radius 2 is 2.16 bits per heavy atom. The Kier molecular flexibility index (Phi) is 7.41. The van der Waals surface area contributed by atoms with E-state index in [4.69, 9.17) is 15.0 Å². The standard InChI is InChI=1S/C19H22N6O6/c20-24-22-7-9-30-8-6-21-17(27)11-31-15-3-1-2-12-13(15)10-25(19(12)29)14-4-5-16(26)23-18(14)28/h1-3,14H,4-11H2,(H,21,27)(H,23,26,28). The van der Waals surface area contributed by atoms with Gasteiger partial charge in [-0.15, -0.1) is 0 Å². The van der Waals surface area contributed by atoms with Crippen LogP contribution < -0.4 is 15.4 Å². The predicted octanol–water partition coefficient (Wildman–Crippen LogP) is 0.270. The Bertz CT molecular complexity index is 928. The Morgan fingerprint density at radius 1 is 1.32 bits per heavy atom. The van der Waals surface area contributed by atoms with Crippen molar-refractivity contribution in [1.82, 2.24) is 15.5 Å². The molecule has 12 heteroatoms. The monoisotopic (exact) mass is 430 g/mol. The first-order valence-electron chi connectivity index (χ1n) is 9.76. The summed E-state index contributed by atoms with van der Waals surface area (Å²) in [5.74, 6) is -1.11. The summed E-state index contributed by atoms with van der Waals surface area (Å²) >= 11 is 0. The van der Waals surface area contributed by atoms with Crippen molar-refractivity contribution in [2.24, 2.45) is 5.11 Å². The van der Waals surface area contributed by atoms with Crippen molar-refractivity contribution >= 4 is 23.6 Å². The molecule has 2 heterocycles. The zero-order valence-corrected chi connectivity index (χ0v) is 16.7. The number of carbonyl (C=O) groups is 4. The lowest BCUT2D eigenvalue weighted by molar-refractivity contribution is -0.137. The first kappa shape index (κ1) is 22.1. The molecule has 1 aromatic carbocycles. The van der Waals surface area contributed by atoms with Gasteiger partial charge >= 0.3 is 0 Å². The number of carbonyl (C=O) groups excluding carboxylic acids is 4. The first-order valence-corrected chi connectivity index (χ1v) is 9.76. The van der Waals surface area contributed by atoms with Gasteiger partial charge < -0.3 is 19.7 Å². The lowest BCUT2D eigenvalue weighted by Gasteiger charge is -2.29. The van der Waals surface area contributed by atoms with Crippen LogP contribution in [0.5, 0.6) is 5.75 Å². The largest absolute Gasteiger partial charge is 0.483 e. The summed E-state index contributed by atoms with van der Waals surface area (Å²) in [6, 6.07) is 4.24. The molecule has 0 saturated carbocycles. The third-order valence-electron chi connectivity index (χ3n) is 4.87. The molecule has 0 bridgehead atoms. The average Bonchev–Trinajstić information content (AvgIpc) is 3.08. The molecule has 0 aromatic heterocycles. The lowest BCUT2D eigenvalue weighted by Crippen LogP contribution is -2.52. The highest BCUT2D eigenvalue weighted by molar-refractivity contribution is 6.05. The summed E-state index contributed by atoms with van der Waals surface area (Å²) in [6.45, 7) is 0.945. The predicted molar refractivity (Wildman–Crippen MR) is 106 cm³/mol. The fraction of sp³-hybridized carbons (Fsp3) is 0.474. The first-order chi connectivity index (χ1) is 15.0. The van der Waals surface area contributed by atoms with Crippen LogP contribution in [0.25, 0.3) is 10.4 Å². The third kappa shape index (κ3) is 5.50. The highest BCUT2D eigenvalue weighted by Gasteiger charge is 2.40. The van der Waals surface area contributed by atoms with Crippen molar-refractivity contribution < 1.29 is 28.7 Å². The summed E-state index contributed by atoms with van der Waals surface area (Å²) in [4.78, 5) is 52.3. The van der Waals surface area contributed by atoms with E-state index >= 15 is 0 Å². The summed E-state index contributed by atoms with van der Waals surface area (Å²) in [5.41, 5.74) is 9.17. The molecule has 2 aliphatic rings. The molecular formula is C19H22N6O6. The zero-order valence-electron chi connectivity index (χ0n) is 16.7. The van der Waals surface area contributed by atoms with E-state index in [9.17, 15) is 19.2 Å². The number of azide groups is 1. The van der Waals surface area contributed by atoms with E-state index in [0.717, 1.165) is 0 Å². The molecule has 3 rings (SSSR count). The van der Waals surface area contributed by atoms with E-state index in [1.54, 1.807) is 18.2 Å². The number of piperidine rings is 1. The van der Waals surface area contributed by atoms with Crippen LogP contribution >= 0.6 is 0 Å². The maximum Gasteiger partial charge on any atom is 0.258 e. The smallest absolute Gasteiger partial charge is 0.258 e. The van der Waals surface area contributed by atoms with Crippen molar-refractivity contribution in [3.8, 4) is 5.75 Å². The minimum absolute atomic E-state index is 0.164. The maximum absolute atomic E-state index is 12.8. The van der Waals surface area contributed by atoms with Gasteiger partial charge in [0.2, 0.25) is 11.8 Å². The van der Waals surface area contributed by atoms with Gasteiger partial charge in [-0.3, -0.25) is 24.5 Å². The van der Waals surface area contributed by atoms with Crippen LogP contribution in [0.2, 0.25) is 0 Å². The van der Waals surface area contributed by atoms with Gasteiger partial charge in [0.15, 0.2) is 6.61 Å². The van der Waals surface area contributed by atoms with Crippen molar-refractivity contribution in [3.63, 3.8) is 0 Å². The van der Waals surface area contributed by atoms with Gasteiger partial charge in [-0.2, -0.15) is 0 Å². The van der Waals surface area contributed by atoms with Crippen molar-refractivity contribution in [3.05, 3.63) is 39.8 Å². The van der Waals surface area contributed by atoms with Gasteiger partial charge in [-0.1, -0.05) is 11.2 Å². The molecule has 12 nitrogen and oxygen atoms in total. The van der Waals surface area contributed by atoms with E-state index in [1.165, 1.54) is 4.90 Å². The van der Waals surface area contributed by atoms with E-state index in [-0.39, 0.29) is 70.0 Å². The molecular weight excluding hydrogens is 408 g/mol. The number of nitrogens with one attached hydrogen (secondary N) is 2. The van der Waals surface area contributed by atoms with Crippen LogP contribution in [0.15, 0.2) is 23.3 Å². The van der Waals surface area contributed by atoms with Gasteiger partial charge in [0, 0.05) is 35.5 Å². The molecule has 2 N–H and O–H groups in total. The van der Waals surface area contributed by atoms with Gasteiger partial charge in [0.05, 0.1) is 19.8 Å². The fourth-order valence-electron chi connectivity index (χ4n) is 3.40. The van der Waals surface area contributed by atoms with Crippen LogP contribution in [0.1, 0.15) is 28.8 Å². The van der Waals surface area contributed by atoms with E-state index < -0.39 is 11.9 Å². The molecule has 0 spiro atoms. The number of fused-ring (bicyclic) bond motifs is 1. The molecule has 1 unspecified atom stereocenters. The van der Waals surface area contributed by atoms with E-state index in [0.29, 0.717) is 16.9 Å². The number of benzene rings is 1.